The van der Waals surface area contributed by atoms with Crippen LogP contribution >= 0.6 is 0 Å². The molecule has 0 fully saturated rings. The largest absolute Gasteiger partial charge is 0.481 e. The number of carbonyl (C=O) groups excluding carboxylic acids is 1. The summed E-state index contributed by atoms with van der Waals surface area (Å²) in [4.78, 5) is 21.8. The molecule has 0 aliphatic carbocycles. The van der Waals surface area contributed by atoms with Crippen molar-refractivity contribution in [2.45, 2.75) is 38.5 Å². The molecule has 1 aromatic heterocycles. The van der Waals surface area contributed by atoms with Gasteiger partial charge in [0.1, 0.15) is 0 Å². The van der Waals surface area contributed by atoms with E-state index in [0.717, 1.165) is 25.0 Å². The predicted octanol–water partition coefficient (Wildman–Crippen LogP) is 1.30. The van der Waals surface area contributed by atoms with E-state index in [9.17, 15) is 9.59 Å². The fraction of sp³-hybridized carbons (Fsp3) is 0.643. The number of aromatic nitrogens is 2. The highest BCUT2D eigenvalue weighted by molar-refractivity contribution is 5.73. The normalized spacial score (nSPS) is 10.3. The Labute approximate surface area is 124 Å². The Morgan fingerprint density at radius 3 is 2.57 bits per heavy atom. The van der Waals surface area contributed by atoms with Crippen LogP contribution in [0.25, 0.3) is 0 Å². The zero-order valence-electron chi connectivity index (χ0n) is 12.5. The minimum atomic E-state index is -0.750. The molecule has 1 heterocycles. The summed E-state index contributed by atoms with van der Waals surface area (Å²) in [7, 11) is 1.86. The molecule has 0 saturated heterocycles. The molecule has 7 heteroatoms. The van der Waals surface area contributed by atoms with Gasteiger partial charge in [-0.3, -0.25) is 9.48 Å². The topological polar surface area (TPSA) is 96.2 Å². The van der Waals surface area contributed by atoms with E-state index < -0.39 is 5.97 Å². The van der Waals surface area contributed by atoms with Gasteiger partial charge in [-0.05, 0) is 18.9 Å². The van der Waals surface area contributed by atoms with Crippen molar-refractivity contribution in [1.82, 2.24) is 20.4 Å². The van der Waals surface area contributed by atoms with Crippen molar-refractivity contribution < 1.29 is 14.7 Å². The summed E-state index contributed by atoms with van der Waals surface area (Å²) < 4.78 is 1.74. The fourth-order valence-corrected chi connectivity index (χ4v) is 1.92. The lowest BCUT2D eigenvalue weighted by Crippen LogP contribution is -2.37. The van der Waals surface area contributed by atoms with Crippen LogP contribution in [0.5, 0.6) is 0 Å². The van der Waals surface area contributed by atoms with Crippen LogP contribution < -0.4 is 10.6 Å². The van der Waals surface area contributed by atoms with Crippen LogP contribution in [0.2, 0.25) is 0 Å². The Morgan fingerprint density at radius 1 is 1.19 bits per heavy atom. The Bertz CT molecular complexity index is 445. The van der Waals surface area contributed by atoms with Crippen LogP contribution in [0, 0.1) is 0 Å². The van der Waals surface area contributed by atoms with Gasteiger partial charge >= 0.3 is 12.0 Å². The van der Waals surface area contributed by atoms with E-state index in [2.05, 4.69) is 15.7 Å². The molecule has 0 saturated carbocycles. The van der Waals surface area contributed by atoms with E-state index in [4.69, 9.17) is 5.11 Å². The molecule has 7 nitrogen and oxygen atoms in total. The SMILES string of the molecule is Cn1ccc(CCNC(=O)NCCCCCCC(=O)O)n1. The molecule has 118 valence electrons. The number of hydrogen-bond donors (Lipinski definition) is 3. The number of aryl methyl sites for hydroxylation is 1. The number of aliphatic carboxylic acids is 1. The van der Waals surface area contributed by atoms with Gasteiger partial charge in [-0.2, -0.15) is 5.10 Å². The first-order valence-electron chi connectivity index (χ1n) is 7.30. The first kappa shape index (κ1) is 17.0. The third kappa shape index (κ3) is 8.67. The quantitative estimate of drug-likeness (QED) is 0.567. The minimum absolute atomic E-state index is 0.170. The number of carboxylic acids is 1. The van der Waals surface area contributed by atoms with E-state index in [0.29, 0.717) is 25.9 Å². The van der Waals surface area contributed by atoms with E-state index in [1.54, 1.807) is 4.68 Å². The van der Waals surface area contributed by atoms with Gasteiger partial charge in [0, 0.05) is 39.2 Å². The lowest BCUT2D eigenvalue weighted by atomic mass is 10.1. The third-order valence-corrected chi connectivity index (χ3v) is 3.04. The number of amides is 2. The summed E-state index contributed by atoms with van der Waals surface area (Å²) in [5.74, 6) is -0.750. The number of carboxylic acid groups (broad SMARTS) is 1. The van der Waals surface area contributed by atoms with Gasteiger partial charge in [0.2, 0.25) is 0 Å². The number of carbonyl (C=O) groups is 2. The Balaban J connectivity index is 1.93. The Morgan fingerprint density at radius 2 is 1.90 bits per heavy atom. The van der Waals surface area contributed by atoms with Gasteiger partial charge in [-0.15, -0.1) is 0 Å². The van der Waals surface area contributed by atoms with Gasteiger partial charge in [0.25, 0.3) is 0 Å². The van der Waals surface area contributed by atoms with E-state index >= 15 is 0 Å². The summed E-state index contributed by atoms with van der Waals surface area (Å²) in [6, 6.07) is 1.76. The molecule has 0 bridgehead atoms. The smallest absolute Gasteiger partial charge is 0.314 e. The molecule has 1 aromatic rings. The van der Waals surface area contributed by atoms with E-state index in [1.165, 1.54) is 0 Å². The Hall–Kier alpha value is -2.05. The van der Waals surface area contributed by atoms with Gasteiger partial charge in [-0.25, -0.2) is 4.79 Å². The van der Waals surface area contributed by atoms with Crippen LogP contribution in [0.4, 0.5) is 4.79 Å². The highest BCUT2D eigenvalue weighted by Crippen LogP contribution is 2.02. The van der Waals surface area contributed by atoms with Gasteiger partial charge in [0.05, 0.1) is 5.69 Å². The molecule has 21 heavy (non-hydrogen) atoms. The molecule has 0 unspecified atom stereocenters. The van der Waals surface area contributed by atoms with Crippen molar-refractivity contribution >= 4 is 12.0 Å². The minimum Gasteiger partial charge on any atom is -0.481 e. The van der Waals surface area contributed by atoms with Crippen molar-refractivity contribution in [3.8, 4) is 0 Å². The van der Waals surface area contributed by atoms with Crippen molar-refractivity contribution in [2.75, 3.05) is 13.1 Å². The van der Waals surface area contributed by atoms with Crippen molar-refractivity contribution in [2.24, 2.45) is 7.05 Å². The van der Waals surface area contributed by atoms with E-state index in [-0.39, 0.29) is 12.5 Å². The Kier molecular flexibility index (Phi) is 7.93. The highest BCUT2D eigenvalue weighted by atomic mass is 16.4. The van der Waals surface area contributed by atoms with Crippen LogP contribution in [0.3, 0.4) is 0 Å². The lowest BCUT2D eigenvalue weighted by Gasteiger charge is -2.06. The molecule has 3 N–H and O–H groups in total. The monoisotopic (exact) mass is 296 g/mol. The van der Waals surface area contributed by atoms with Crippen LogP contribution in [-0.4, -0.2) is 40.0 Å². The first-order chi connectivity index (χ1) is 10.1. The number of hydrogen-bond acceptors (Lipinski definition) is 3. The second-order valence-electron chi connectivity index (χ2n) is 4.97. The number of nitrogens with one attached hydrogen (secondary N) is 2. The molecule has 0 aliphatic heterocycles. The van der Waals surface area contributed by atoms with Gasteiger partial charge in [0.15, 0.2) is 0 Å². The van der Waals surface area contributed by atoms with Crippen LogP contribution in [0.15, 0.2) is 12.3 Å². The molecule has 1 rings (SSSR count). The molecular weight excluding hydrogens is 272 g/mol. The maximum atomic E-state index is 11.5. The number of urea groups is 1. The summed E-state index contributed by atoms with van der Waals surface area (Å²) in [5.41, 5.74) is 0.955. The number of nitrogens with zero attached hydrogens (tertiary/aromatic N) is 2. The predicted molar refractivity (Wildman–Crippen MR) is 79.0 cm³/mol. The van der Waals surface area contributed by atoms with Crippen molar-refractivity contribution in [1.29, 1.82) is 0 Å². The van der Waals surface area contributed by atoms with Crippen LogP contribution in [0.1, 0.15) is 37.8 Å². The summed E-state index contributed by atoms with van der Waals surface area (Å²) in [6.45, 7) is 1.17. The van der Waals surface area contributed by atoms with Crippen molar-refractivity contribution in [3.05, 3.63) is 18.0 Å². The fourth-order valence-electron chi connectivity index (χ4n) is 1.92. The summed E-state index contributed by atoms with van der Waals surface area (Å²) >= 11 is 0. The van der Waals surface area contributed by atoms with E-state index in [1.807, 2.05) is 19.3 Å². The zero-order chi connectivity index (χ0) is 15.5. The molecule has 0 atom stereocenters. The molecule has 0 spiro atoms. The average molecular weight is 296 g/mol. The van der Waals surface area contributed by atoms with Gasteiger partial charge < -0.3 is 15.7 Å². The molecular formula is C14H24N4O3. The maximum Gasteiger partial charge on any atom is 0.314 e. The van der Waals surface area contributed by atoms with Crippen molar-refractivity contribution in [3.63, 3.8) is 0 Å². The summed E-state index contributed by atoms with van der Waals surface area (Å²) in [6.07, 6.45) is 6.19. The number of rotatable bonds is 10. The molecule has 0 aromatic carbocycles. The first-order valence-corrected chi connectivity index (χ1v) is 7.30. The van der Waals surface area contributed by atoms with Gasteiger partial charge in [-0.1, -0.05) is 12.8 Å². The van der Waals surface area contributed by atoms with Crippen LogP contribution in [-0.2, 0) is 18.3 Å². The molecule has 2 amide bonds. The second-order valence-corrected chi connectivity index (χ2v) is 4.97. The molecule has 0 radical (unpaired) electrons. The highest BCUT2D eigenvalue weighted by Gasteiger charge is 2.01. The number of unbranched alkanes of at least 4 members (excludes halogenated alkanes) is 3. The second kappa shape index (κ2) is 9.79. The molecule has 0 aliphatic rings. The standard InChI is InChI=1S/C14H24N4O3/c1-18-11-8-12(17-18)7-10-16-14(21)15-9-5-3-2-4-6-13(19)20/h8,11H,2-7,9-10H2,1H3,(H,19,20)(H2,15,16,21). The zero-order valence-corrected chi connectivity index (χ0v) is 12.5. The summed E-state index contributed by atoms with van der Waals surface area (Å²) in [5, 5.41) is 18.3. The lowest BCUT2D eigenvalue weighted by molar-refractivity contribution is -0.137. The third-order valence-electron chi connectivity index (χ3n) is 3.04. The average Bonchev–Trinajstić information content (AvgIpc) is 2.83. The maximum absolute atomic E-state index is 11.5.